The number of carbonyl (C=O) groups is 3. The highest BCUT2D eigenvalue weighted by atomic mass is 16.5. The lowest BCUT2D eigenvalue weighted by atomic mass is 10.1. The highest BCUT2D eigenvalue weighted by Gasteiger charge is 2.19. The number of primary amides is 1. The van der Waals surface area contributed by atoms with Gasteiger partial charge in [0.2, 0.25) is 5.78 Å². The van der Waals surface area contributed by atoms with Gasteiger partial charge in [0, 0.05) is 18.5 Å². The molecule has 0 radical (unpaired) electrons. The number of benzene rings is 1. The highest BCUT2D eigenvalue weighted by molar-refractivity contribution is 6.00. The third kappa shape index (κ3) is 7.44. The molecule has 1 atom stereocenters. The van der Waals surface area contributed by atoms with Crippen molar-refractivity contribution in [1.29, 1.82) is 0 Å². The number of nitrogens with two attached hydrogens (primary N) is 1. The van der Waals surface area contributed by atoms with Gasteiger partial charge in [-0.3, -0.25) is 9.59 Å². The lowest BCUT2D eigenvalue weighted by Crippen LogP contribution is -2.30. The Morgan fingerprint density at radius 1 is 1.13 bits per heavy atom. The Morgan fingerprint density at radius 2 is 1.78 bits per heavy atom. The Kier molecular flexibility index (Phi) is 7.80. The van der Waals surface area contributed by atoms with Gasteiger partial charge in [-0.25, -0.2) is 4.79 Å². The van der Waals surface area contributed by atoms with Gasteiger partial charge in [0.25, 0.3) is 0 Å². The number of urea groups is 1. The first-order valence-electron chi connectivity index (χ1n) is 7.74. The summed E-state index contributed by atoms with van der Waals surface area (Å²) in [6.45, 7) is 4.01. The maximum atomic E-state index is 12.1. The predicted octanol–water partition coefficient (Wildman–Crippen LogP) is 2.34. The number of rotatable bonds is 9. The Balaban J connectivity index is 2.26. The van der Waals surface area contributed by atoms with Gasteiger partial charge in [-0.1, -0.05) is 36.2 Å². The van der Waals surface area contributed by atoms with Gasteiger partial charge < -0.3 is 15.8 Å². The zero-order chi connectivity index (χ0) is 17.2. The fourth-order valence-electron chi connectivity index (χ4n) is 2.04. The normalized spacial score (nSPS) is 11.6. The molecule has 1 aromatic rings. The molecule has 2 amide bonds. The average Bonchev–Trinajstić information content (AvgIpc) is 2.50. The van der Waals surface area contributed by atoms with Crippen LogP contribution >= 0.6 is 0 Å². The lowest BCUT2D eigenvalue weighted by molar-refractivity contribution is -0.146. The van der Waals surface area contributed by atoms with E-state index >= 15 is 0 Å². The average molecular weight is 320 g/mol. The van der Waals surface area contributed by atoms with E-state index in [4.69, 9.17) is 10.5 Å². The second-order valence-corrected chi connectivity index (χ2v) is 5.46. The molecule has 126 valence electrons. The first-order chi connectivity index (χ1) is 10.9. The smallest absolute Gasteiger partial charge is 0.312 e. The van der Waals surface area contributed by atoms with Crippen molar-refractivity contribution in [2.45, 2.75) is 45.6 Å². The van der Waals surface area contributed by atoms with Crippen molar-refractivity contribution in [2.24, 2.45) is 5.73 Å². The van der Waals surface area contributed by atoms with E-state index in [2.05, 4.69) is 5.32 Å². The number of hydrogen-bond donors (Lipinski definition) is 2. The summed E-state index contributed by atoms with van der Waals surface area (Å²) >= 11 is 0. The molecular weight excluding hydrogens is 296 g/mol. The first-order valence-corrected chi connectivity index (χ1v) is 7.74. The summed E-state index contributed by atoms with van der Waals surface area (Å²) in [5, 5.41) is 2.48. The number of ketones is 1. The Morgan fingerprint density at radius 3 is 2.39 bits per heavy atom. The van der Waals surface area contributed by atoms with Crippen LogP contribution in [0.4, 0.5) is 4.79 Å². The molecule has 0 spiro atoms. The molecule has 1 aromatic carbocycles. The number of unbranched alkanes of at least 4 members (excludes halogenated alkanes) is 2. The topological polar surface area (TPSA) is 98.5 Å². The van der Waals surface area contributed by atoms with Crippen LogP contribution in [0.2, 0.25) is 0 Å². The largest absolute Gasteiger partial charge is 0.454 e. The summed E-state index contributed by atoms with van der Waals surface area (Å²) in [5.41, 5.74) is 6.54. The minimum absolute atomic E-state index is 0.205. The number of carbonyl (C=O) groups excluding carboxylic acids is 3. The van der Waals surface area contributed by atoms with E-state index in [1.807, 2.05) is 19.1 Å². The van der Waals surface area contributed by atoms with E-state index in [-0.39, 0.29) is 18.2 Å². The molecule has 0 fully saturated rings. The third-order valence-corrected chi connectivity index (χ3v) is 3.37. The lowest BCUT2D eigenvalue weighted by Gasteiger charge is -2.12. The van der Waals surface area contributed by atoms with Crippen LogP contribution in [0.3, 0.4) is 0 Å². The minimum atomic E-state index is -0.790. The molecule has 0 aliphatic rings. The molecule has 6 nitrogen and oxygen atoms in total. The summed E-state index contributed by atoms with van der Waals surface area (Å²) in [4.78, 5) is 34.3. The monoisotopic (exact) mass is 320 g/mol. The van der Waals surface area contributed by atoms with Crippen LogP contribution < -0.4 is 11.1 Å². The van der Waals surface area contributed by atoms with Crippen LogP contribution in [-0.2, 0) is 9.53 Å². The maximum absolute atomic E-state index is 12.1. The molecule has 0 unspecified atom stereocenters. The van der Waals surface area contributed by atoms with Gasteiger partial charge in [0.15, 0.2) is 6.10 Å². The number of nitrogens with one attached hydrogen (secondary N) is 1. The van der Waals surface area contributed by atoms with Gasteiger partial charge in [0.1, 0.15) is 0 Å². The molecule has 23 heavy (non-hydrogen) atoms. The summed E-state index contributed by atoms with van der Waals surface area (Å²) in [7, 11) is 0. The number of amides is 2. The van der Waals surface area contributed by atoms with Crippen LogP contribution in [0.5, 0.6) is 0 Å². The molecule has 3 N–H and O–H groups in total. The summed E-state index contributed by atoms with van der Waals surface area (Å²) in [5.74, 6) is -0.593. The van der Waals surface area contributed by atoms with E-state index in [1.165, 1.54) is 0 Å². The maximum Gasteiger partial charge on any atom is 0.312 e. The van der Waals surface area contributed by atoms with Gasteiger partial charge in [-0.15, -0.1) is 0 Å². The molecule has 0 aliphatic carbocycles. The van der Waals surface area contributed by atoms with E-state index in [0.29, 0.717) is 18.5 Å². The van der Waals surface area contributed by atoms with E-state index < -0.39 is 12.1 Å². The Hall–Kier alpha value is -2.37. The quantitative estimate of drug-likeness (QED) is 0.414. The standard InChI is InChI=1S/C17H24N2O4/c1-12-7-9-14(10-8-12)16(21)13(2)23-15(20)6-4-3-5-11-19-17(18)22/h7-10,13H,3-6,11H2,1-2H3,(H3,18,19,22)/t13-/m1/s1. The van der Waals surface area contributed by atoms with Gasteiger partial charge in [-0.05, 0) is 26.7 Å². The van der Waals surface area contributed by atoms with Crippen molar-refractivity contribution in [1.82, 2.24) is 5.32 Å². The van der Waals surface area contributed by atoms with E-state index in [0.717, 1.165) is 18.4 Å². The molecule has 0 aromatic heterocycles. The molecule has 0 aliphatic heterocycles. The van der Waals surface area contributed by atoms with Gasteiger partial charge in [-0.2, -0.15) is 0 Å². The molecule has 1 rings (SSSR count). The number of aryl methyl sites for hydroxylation is 1. The molecule has 0 heterocycles. The van der Waals surface area contributed by atoms with Crippen molar-refractivity contribution in [3.05, 3.63) is 35.4 Å². The molecule has 6 heteroatoms. The van der Waals surface area contributed by atoms with Gasteiger partial charge in [0.05, 0.1) is 0 Å². The van der Waals surface area contributed by atoms with Crippen LogP contribution in [0.25, 0.3) is 0 Å². The van der Waals surface area contributed by atoms with Crippen molar-refractivity contribution in [3.63, 3.8) is 0 Å². The van der Waals surface area contributed by atoms with Gasteiger partial charge >= 0.3 is 12.0 Å². The predicted molar refractivity (Wildman–Crippen MR) is 87.1 cm³/mol. The number of ether oxygens (including phenoxy) is 1. The van der Waals surface area contributed by atoms with Crippen molar-refractivity contribution in [2.75, 3.05) is 6.54 Å². The SMILES string of the molecule is Cc1ccc(C(=O)[C@@H](C)OC(=O)CCCCCNC(N)=O)cc1. The van der Waals surface area contributed by atoms with Crippen LogP contribution in [0.15, 0.2) is 24.3 Å². The van der Waals surface area contributed by atoms with Crippen LogP contribution in [-0.4, -0.2) is 30.4 Å². The molecule has 0 saturated carbocycles. The second-order valence-electron chi connectivity index (χ2n) is 5.46. The number of hydrogen-bond acceptors (Lipinski definition) is 4. The Labute approximate surface area is 136 Å². The van der Waals surface area contributed by atoms with E-state index in [1.54, 1.807) is 19.1 Å². The minimum Gasteiger partial charge on any atom is -0.454 e. The second kappa shape index (κ2) is 9.61. The van der Waals surface area contributed by atoms with E-state index in [9.17, 15) is 14.4 Å². The zero-order valence-electron chi connectivity index (χ0n) is 13.6. The zero-order valence-corrected chi connectivity index (χ0v) is 13.6. The van der Waals surface area contributed by atoms with Crippen molar-refractivity contribution < 1.29 is 19.1 Å². The molecule has 0 bridgehead atoms. The summed E-state index contributed by atoms with van der Waals surface area (Å²) in [6.07, 6.45) is 1.62. The van der Waals surface area contributed by atoms with Crippen LogP contribution in [0, 0.1) is 6.92 Å². The molecular formula is C17H24N2O4. The van der Waals surface area contributed by atoms with Crippen molar-refractivity contribution in [3.8, 4) is 0 Å². The fraction of sp³-hybridized carbons (Fsp3) is 0.471. The fourth-order valence-corrected chi connectivity index (χ4v) is 2.04. The summed E-state index contributed by atoms with van der Waals surface area (Å²) < 4.78 is 5.16. The number of esters is 1. The Bertz CT molecular complexity index is 540. The highest BCUT2D eigenvalue weighted by Crippen LogP contribution is 2.10. The van der Waals surface area contributed by atoms with Crippen molar-refractivity contribution >= 4 is 17.8 Å². The third-order valence-electron chi connectivity index (χ3n) is 3.37. The molecule has 0 saturated heterocycles. The summed E-state index contributed by atoms with van der Waals surface area (Å²) in [6, 6.07) is 6.61. The number of Topliss-reactive ketones (excluding diaryl/α,β-unsaturated/α-hetero) is 1. The first kappa shape index (κ1) is 18.7. The van der Waals surface area contributed by atoms with Crippen LogP contribution in [0.1, 0.15) is 48.5 Å².